The van der Waals surface area contributed by atoms with E-state index in [1.165, 1.54) is 30.5 Å². The molecule has 0 spiro atoms. The van der Waals surface area contributed by atoms with Gasteiger partial charge in [-0.3, -0.25) is 14.9 Å². The Labute approximate surface area is 114 Å². The quantitative estimate of drug-likeness (QED) is 0.625. The first-order valence-electron chi connectivity index (χ1n) is 5.67. The number of nitrogens with zero attached hydrogens (tertiary/aromatic N) is 2. The maximum absolute atomic E-state index is 11.8. The van der Waals surface area contributed by atoms with Gasteiger partial charge in [0.1, 0.15) is 11.8 Å². The van der Waals surface area contributed by atoms with Gasteiger partial charge in [0, 0.05) is 17.4 Å². The molecule has 6 heteroatoms. The second kappa shape index (κ2) is 5.63. The molecule has 3 N–H and O–H groups in total. The first-order valence-corrected chi connectivity index (χ1v) is 5.67. The molecule has 0 fully saturated rings. The van der Waals surface area contributed by atoms with Gasteiger partial charge in [0.15, 0.2) is 0 Å². The summed E-state index contributed by atoms with van der Waals surface area (Å²) in [7, 11) is 0. The smallest absolute Gasteiger partial charge is 0.259 e. The topological polar surface area (TPSA) is 109 Å². The molecule has 0 bridgehead atoms. The van der Waals surface area contributed by atoms with Gasteiger partial charge in [-0.1, -0.05) is 0 Å². The lowest BCUT2D eigenvalue weighted by Crippen LogP contribution is -2.30. The molecule has 6 nitrogen and oxygen atoms in total. The normalized spacial score (nSPS) is 9.55. The van der Waals surface area contributed by atoms with Crippen LogP contribution in [0.3, 0.4) is 0 Å². The number of amides is 2. The second-order valence-corrected chi connectivity index (χ2v) is 3.95. The second-order valence-electron chi connectivity index (χ2n) is 3.95. The van der Waals surface area contributed by atoms with Crippen molar-refractivity contribution in [2.75, 3.05) is 5.73 Å². The predicted octanol–water partition coefficient (Wildman–Crippen LogP) is 1.11. The van der Waals surface area contributed by atoms with E-state index in [0.717, 1.165) is 0 Å². The van der Waals surface area contributed by atoms with E-state index in [-0.39, 0.29) is 11.3 Å². The molecule has 0 unspecified atom stereocenters. The van der Waals surface area contributed by atoms with E-state index < -0.39 is 11.8 Å². The van der Waals surface area contributed by atoms with Crippen LogP contribution in [0, 0.1) is 11.3 Å². The third kappa shape index (κ3) is 2.97. The molecule has 2 aromatic rings. The summed E-state index contributed by atoms with van der Waals surface area (Å²) >= 11 is 0. The molecule has 0 atom stereocenters. The van der Waals surface area contributed by atoms with Crippen LogP contribution in [0.4, 0.5) is 5.69 Å². The number of nitrogens with one attached hydrogen (secondary N) is 1. The molecule has 0 saturated carbocycles. The molecule has 98 valence electrons. The molecule has 2 rings (SSSR count). The lowest BCUT2D eigenvalue weighted by molar-refractivity contribution is 0.0849. The zero-order valence-electron chi connectivity index (χ0n) is 10.3. The van der Waals surface area contributed by atoms with Crippen molar-refractivity contribution in [1.29, 1.82) is 5.26 Å². The maximum Gasteiger partial charge on any atom is 0.259 e. The zero-order valence-corrected chi connectivity index (χ0v) is 10.3. The van der Waals surface area contributed by atoms with Crippen LogP contribution in [-0.2, 0) is 0 Å². The highest BCUT2D eigenvalue weighted by molar-refractivity contribution is 6.10. The lowest BCUT2D eigenvalue weighted by atomic mass is 10.2. The maximum atomic E-state index is 11.8. The standard InChI is InChI=1S/C14H10N4O2/c15-7-12-6-3-10(8-17-12)14(20)18-13(19)9-1-4-11(16)5-2-9/h1-6,8H,16H2,(H,18,19,20). The van der Waals surface area contributed by atoms with E-state index in [2.05, 4.69) is 10.3 Å². The van der Waals surface area contributed by atoms with Gasteiger partial charge in [0.05, 0.1) is 5.56 Å². The SMILES string of the molecule is N#Cc1ccc(C(=O)NC(=O)c2ccc(N)cc2)cn1. The Morgan fingerprint density at radius 1 is 1.05 bits per heavy atom. The highest BCUT2D eigenvalue weighted by Crippen LogP contribution is 2.06. The van der Waals surface area contributed by atoms with Gasteiger partial charge in [-0.15, -0.1) is 0 Å². The van der Waals surface area contributed by atoms with E-state index >= 15 is 0 Å². The van der Waals surface area contributed by atoms with Crippen LogP contribution in [0.5, 0.6) is 0 Å². The summed E-state index contributed by atoms with van der Waals surface area (Å²) in [5.41, 5.74) is 6.77. The Morgan fingerprint density at radius 2 is 1.65 bits per heavy atom. The first-order chi connectivity index (χ1) is 9.60. The molecule has 20 heavy (non-hydrogen) atoms. The summed E-state index contributed by atoms with van der Waals surface area (Å²) in [5, 5.41) is 10.8. The van der Waals surface area contributed by atoms with Crippen LogP contribution < -0.4 is 11.1 Å². The number of carbonyl (C=O) groups excluding carboxylic acids is 2. The van der Waals surface area contributed by atoms with Crippen LogP contribution >= 0.6 is 0 Å². The van der Waals surface area contributed by atoms with E-state index in [1.54, 1.807) is 12.1 Å². The van der Waals surface area contributed by atoms with Crippen LogP contribution in [0.15, 0.2) is 42.6 Å². The molecule has 0 aliphatic heterocycles. The molecule has 0 radical (unpaired) electrons. The highest BCUT2D eigenvalue weighted by Gasteiger charge is 2.12. The highest BCUT2D eigenvalue weighted by atomic mass is 16.2. The number of rotatable bonds is 2. The number of nitrogens with two attached hydrogens (primary N) is 1. The minimum absolute atomic E-state index is 0.200. The van der Waals surface area contributed by atoms with Crippen LogP contribution in [0.1, 0.15) is 26.4 Å². The largest absolute Gasteiger partial charge is 0.399 e. The van der Waals surface area contributed by atoms with E-state index in [9.17, 15) is 9.59 Å². The summed E-state index contributed by atoms with van der Waals surface area (Å²) in [6.07, 6.45) is 1.24. The van der Waals surface area contributed by atoms with Gasteiger partial charge in [-0.2, -0.15) is 5.26 Å². The molecule has 1 aromatic carbocycles. The third-order valence-electron chi connectivity index (χ3n) is 2.54. The number of anilines is 1. The van der Waals surface area contributed by atoms with Crippen molar-refractivity contribution >= 4 is 17.5 Å². The fourth-order valence-electron chi connectivity index (χ4n) is 1.48. The zero-order chi connectivity index (χ0) is 14.5. The molecular weight excluding hydrogens is 256 g/mol. The number of carbonyl (C=O) groups is 2. The Bertz CT molecular complexity index is 685. The van der Waals surface area contributed by atoms with Crippen molar-refractivity contribution < 1.29 is 9.59 Å². The molecule has 0 aliphatic rings. The number of pyridine rings is 1. The Balaban J connectivity index is 2.09. The van der Waals surface area contributed by atoms with E-state index in [4.69, 9.17) is 11.0 Å². The average Bonchev–Trinajstić information content (AvgIpc) is 2.48. The van der Waals surface area contributed by atoms with Crippen molar-refractivity contribution in [3.8, 4) is 6.07 Å². The molecule has 0 aliphatic carbocycles. The van der Waals surface area contributed by atoms with Gasteiger partial charge in [0.25, 0.3) is 11.8 Å². The first kappa shape index (κ1) is 13.2. The van der Waals surface area contributed by atoms with Crippen LogP contribution in [-0.4, -0.2) is 16.8 Å². The van der Waals surface area contributed by atoms with E-state index in [0.29, 0.717) is 11.3 Å². The summed E-state index contributed by atoms with van der Waals surface area (Å²) in [6, 6.07) is 10.9. The van der Waals surface area contributed by atoms with Crippen LogP contribution in [0.2, 0.25) is 0 Å². The summed E-state index contributed by atoms with van der Waals surface area (Å²) in [6.45, 7) is 0. The van der Waals surface area contributed by atoms with E-state index in [1.807, 2.05) is 6.07 Å². The lowest BCUT2D eigenvalue weighted by Gasteiger charge is -2.04. The van der Waals surface area contributed by atoms with Gasteiger partial charge in [-0.05, 0) is 36.4 Å². The Morgan fingerprint density at radius 3 is 2.20 bits per heavy atom. The molecule has 1 aromatic heterocycles. The number of imide groups is 1. The van der Waals surface area contributed by atoms with Crippen molar-refractivity contribution in [3.63, 3.8) is 0 Å². The minimum atomic E-state index is -0.580. The van der Waals surface area contributed by atoms with Gasteiger partial charge < -0.3 is 5.73 Å². The monoisotopic (exact) mass is 266 g/mol. The number of nitriles is 1. The van der Waals surface area contributed by atoms with Gasteiger partial charge >= 0.3 is 0 Å². The Hall–Kier alpha value is -3.20. The average molecular weight is 266 g/mol. The third-order valence-corrected chi connectivity index (χ3v) is 2.54. The van der Waals surface area contributed by atoms with Gasteiger partial charge in [-0.25, -0.2) is 4.98 Å². The fraction of sp³-hybridized carbons (Fsp3) is 0. The minimum Gasteiger partial charge on any atom is -0.399 e. The molecule has 2 amide bonds. The summed E-state index contributed by atoms with van der Waals surface area (Å²) < 4.78 is 0. The molecule has 1 heterocycles. The Kier molecular flexibility index (Phi) is 3.72. The van der Waals surface area contributed by atoms with Gasteiger partial charge in [0.2, 0.25) is 0 Å². The fourth-order valence-corrected chi connectivity index (χ4v) is 1.48. The molecular formula is C14H10N4O2. The predicted molar refractivity (Wildman–Crippen MR) is 71.6 cm³/mol. The summed E-state index contributed by atoms with van der Waals surface area (Å²) in [5.74, 6) is -1.11. The van der Waals surface area contributed by atoms with Crippen molar-refractivity contribution in [2.45, 2.75) is 0 Å². The number of hydrogen-bond acceptors (Lipinski definition) is 5. The van der Waals surface area contributed by atoms with Crippen LogP contribution in [0.25, 0.3) is 0 Å². The number of benzene rings is 1. The number of nitrogen functional groups attached to an aromatic ring is 1. The van der Waals surface area contributed by atoms with Crippen molar-refractivity contribution in [1.82, 2.24) is 10.3 Å². The summed E-state index contributed by atoms with van der Waals surface area (Å²) in [4.78, 5) is 27.4. The number of aromatic nitrogens is 1. The van der Waals surface area contributed by atoms with Crippen molar-refractivity contribution in [3.05, 3.63) is 59.4 Å². The van der Waals surface area contributed by atoms with Crippen molar-refractivity contribution in [2.24, 2.45) is 0 Å². The molecule has 0 saturated heterocycles. The number of hydrogen-bond donors (Lipinski definition) is 2.